The molecule has 0 saturated carbocycles. The van der Waals surface area contributed by atoms with Crippen molar-refractivity contribution in [2.75, 3.05) is 19.4 Å². The molecule has 0 bridgehead atoms. The molecule has 132 valence electrons. The molecule has 0 fully saturated rings. The zero-order valence-electron chi connectivity index (χ0n) is 13.8. The maximum Gasteiger partial charge on any atom is 0.341 e. The molecule has 0 atom stereocenters. The number of nitrogens with one attached hydrogen (secondary N) is 1. The van der Waals surface area contributed by atoms with Crippen molar-refractivity contribution in [3.05, 3.63) is 51.9 Å². The van der Waals surface area contributed by atoms with Gasteiger partial charge in [-0.25, -0.2) is 9.59 Å². The van der Waals surface area contributed by atoms with Crippen molar-refractivity contribution < 1.29 is 23.9 Å². The van der Waals surface area contributed by atoms with Crippen LogP contribution in [0, 0.1) is 0 Å². The lowest BCUT2D eigenvalue weighted by Crippen LogP contribution is -2.19. The predicted molar refractivity (Wildman–Crippen MR) is 93.6 cm³/mol. The van der Waals surface area contributed by atoms with Crippen LogP contribution < -0.4 is 11.1 Å². The highest BCUT2D eigenvalue weighted by Crippen LogP contribution is 2.32. The van der Waals surface area contributed by atoms with Crippen molar-refractivity contribution >= 4 is 34.2 Å². The summed E-state index contributed by atoms with van der Waals surface area (Å²) in [6, 6.07) is 8.41. The second kappa shape index (κ2) is 8.29. The Kier molecular flexibility index (Phi) is 6.13. The Bertz CT molecular complexity index is 786. The molecule has 1 aromatic carbocycles. The molecule has 1 amide bonds. The highest BCUT2D eigenvalue weighted by Gasteiger charge is 2.27. The van der Waals surface area contributed by atoms with E-state index in [-0.39, 0.29) is 34.2 Å². The molecule has 1 aromatic heterocycles. The fraction of sp³-hybridized carbons (Fsp3) is 0.235. The van der Waals surface area contributed by atoms with Gasteiger partial charge in [-0.2, -0.15) is 0 Å². The van der Waals surface area contributed by atoms with Crippen molar-refractivity contribution in [2.24, 2.45) is 0 Å². The van der Waals surface area contributed by atoms with Crippen LogP contribution in [0.5, 0.6) is 0 Å². The van der Waals surface area contributed by atoms with Crippen molar-refractivity contribution in [1.29, 1.82) is 0 Å². The molecule has 0 unspecified atom stereocenters. The number of hydrogen-bond acceptors (Lipinski definition) is 7. The van der Waals surface area contributed by atoms with Gasteiger partial charge in [-0.1, -0.05) is 18.2 Å². The molecule has 0 saturated heterocycles. The SMILES string of the molecule is CCOC(=O)c1c(N)sc(C(=O)NC)c1COC(=O)c1ccccc1. The predicted octanol–water partition coefficient (Wildman–Crippen LogP) is 2.22. The number of nitrogen functional groups attached to an aromatic ring is 1. The molecule has 25 heavy (non-hydrogen) atoms. The summed E-state index contributed by atoms with van der Waals surface area (Å²) in [6.07, 6.45) is 0. The quantitative estimate of drug-likeness (QED) is 0.763. The van der Waals surface area contributed by atoms with E-state index in [4.69, 9.17) is 15.2 Å². The number of ether oxygens (including phenoxy) is 2. The third-order valence-electron chi connectivity index (χ3n) is 3.30. The molecule has 2 aromatic rings. The highest BCUT2D eigenvalue weighted by atomic mass is 32.1. The van der Waals surface area contributed by atoms with Gasteiger partial charge in [0.25, 0.3) is 5.91 Å². The lowest BCUT2D eigenvalue weighted by Gasteiger charge is -2.09. The molecule has 2 rings (SSSR count). The van der Waals surface area contributed by atoms with Crippen molar-refractivity contribution in [3.63, 3.8) is 0 Å². The third kappa shape index (κ3) is 4.16. The Hall–Kier alpha value is -2.87. The van der Waals surface area contributed by atoms with Gasteiger partial charge in [-0.3, -0.25) is 4.79 Å². The number of amides is 1. The lowest BCUT2D eigenvalue weighted by molar-refractivity contribution is 0.0449. The Morgan fingerprint density at radius 2 is 1.80 bits per heavy atom. The van der Waals surface area contributed by atoms with Crippen LogP contribution in [0.3, 0.4) is 0 Å². The summed E-state index contributed by atoms with van der Waals surface area (Å²) in [4.78, 5) is 36.5. The minimum Gasteiger partial charge on any atom is -0.462 e. The Morgan fingerprint density at radius 3 is 2.40 bits per heavy atom. The van der Waals surface area contributed by atoms with E-state index < -0.39 is 17.8 Å². The number of nitrogens with two attached hydrogens (primary N) is 1. The minimum absolute atomic E-state index is 0.0614. The first kappa shape index (κ1) is 18.5. The van der Waals surface area contributed by atoms with Crippen LogP contribution in [0.2, 0.25) is 0 Å². The summed E-state index contributed by atoms with van der Waals surface area (Å²) >= 11 is 0.949. The van der Waals surface area contributed by atoms with Gasteiger partial charge in [0.05, 0.1) is 12.2 Å². The summed E-state index contributed by atoms with van der Waals surface area (Å²) < 4.78 is 10.2. The van der Waals surface area contributed by atoms with Crippen molar-refractivity contribution in [2.45, 2.75) is 13.5 Å². The molecule has 7 nitrogen and oxygen atoms in total. The van der Waals surface area contributed by atoms with E-state index in [0.717, 1.165) is 11.3 Å². The Labute approximate surface area is 148 Å². The van der Waals surface area contributed by atoms with Gasteiger partial charge in [0.15, 0.2) is 0 Å². The number of carbonyl (C=O) groups excluding carboxylic acids is 3. The average Bonchev–Trinajstić information content (AvgIpc) is 2.96. The molecule has 0 aliphatic heterocycles. The molecule has 0 radical (unpaired) electrons. The largest absolute Gasteiger partial charge is 0.462 e. The normalized spacial score (nSPS) is 10.2. The summed E-state index contributed by atoms with van der Waals surface area (Å²) in [5, 5.41) is 2.62. The first-order valence-electron chi connectivity index (χ1n) is 7.52. The molecule has 0 aliphatic carbocycles. The van der Waals surface area contributed by atoms with E-state index in [2.05, 4.69) is 5.32 Å². The lowest BCUT2D eigenvalue weighted by atomic mass is 10.1. The number of esters is 2. The van der Waals surface area contributed by atoms with Gasteiger partial charge in [0.1, 0.15) is 22.0 Å². The fourth-order valence-electron chi connectivity index (χ4n) is 2.14. The van der Waals surface area contributed by atoms with Crippen LogP contribution in [0.1, 0.15) is 42.9 Å². The minimum atomic E-state index is -0.655. The molecule has 0 spiro atoms. The second-order valence-electron chi connectivity index (χ2n) is 4.89. The summed E-state index contributed by atoms with van der Waals surface area (Å²) in [5.41, 5.74) is 6.55. The summed E-state index contributed by atoms with van der Waals surface area (Å²) in [5.74, 6) is -1.64. The van der Waals surface area contributed by atoms with Crippen LogP contribution in [-0.4, -0.2) is 31.5 Å². The number of hydrogen-bond donors (Lipinski definition) is 2. The van der Waals surface area contributed by atoms with Gasteiger partial charge in [-0.15, -0.1) is 11.3 Å². The highest BCUT2D eigenvalue weighted by molar-refractivity contribution is 7.18. The Balaban J connectivity index is 2.32. The zero-order chi connectivity index (χ0) is 18.4. The topological polar surface area (TPSA) is 108 Å². The van der Waals surface area contributed by atoms with Gasteiger partial charge in [0.2, 0.25) is 0 Å². The average molecular weight is 362 g/mol. The van der Waals surface area contributed by atoms with E-state index >= 15 is 0 Å². The van der Waals surface area contributed by atoms with Gasteiger partial charge >= 0.3 is 11.9 Å². The van der Waals surface area contributed by atoms with Gasteiger partial charge in [0, 0.05) is 12.6 Å². The number of carbonyl (C=O) groups is 3. The maximum atomic E-state index is 12.2. The summed E-state index contributed by atoms with van der Waals surface area (Å²) in [6.45, 7) is 1.56. The van der Waals surface area contributed by atoms with E-state index in [9.17, 15) is 14.4 Å². The Morgan fingerprint density at radius 1 is 1.12 bits per heavy atom. The molecular formula is C17H18N2O5S. The standard InChI is InChI=1S/C17H18N2O5S/c1-3-23-17(22)12-11(13(15(20)19-2)25-14(12)18)9-24-16(21)10-7-5-4-6-8-10/h4-8H,3,9,18H2,1-2H3,(H,19,20). The smallest absolute Gasteiger partial charge is 0.341 e. The molecule has 8 heteroatoms. The van der Waals surface area contributed by atoms with Crippen molar-refractivity contribution in [1.82, 2.24) is 5.32 Å². The van der Waals surface area contributed by atoms with Crippen LogP contribution in [-0.2, 0) is 16.1 Å². The van der Waals surface area contributed by atoms with E-state index in [1.807, 2.05) is 0 Å². The van der Waals surface area contributed by atoms with Crippen LogP contribution in [0.4, 0.5) is 5.00 Å². The van der Waals surface area contributed by atoms with E-state index in [1.54, 1.807) is 37.3 Å². The van der Waals surface area contributed by atoms with Crippen molar-refractivity contribution in [3.8, 4) is 0 Å². The van der Waals surface area contributed by atoms with Gasteiger partial charge in [-0.05, 0) is 19.1 Å². The maximum absolute atomic E-state index is 12.2. The molecule has 3 N–H and O–H groups in total. The number of benzene rings is 1. The monoisotopic (exact) mass is 362 g/mol. The number of thiophene rings is 1. The third-order valence-corrected chi connectivity index (χ3v) is 4.36. The first-order valence-corrected chi connectivity index (χ1v) is 8.33. The first-order chi connectivity index (χ1) is 12.0. The van der Waals surface area contributed by atoms with E-state index in [1.165, 1.54) is 7.05 Å². The molecule has 1 heterocycles. The summed E-state index contributed by atoms with van der Waals surface area (Å²) in [7, 11) is 1.46. The van der Waals surface area contributed by atoms with E-state index in [0.29, 0.717) is 5.56 Å². The van der Waals surface area contributed by atoms with Crippen LogP contribution in [0.25, 0.3) is 0 Å². The zero-order valence-corrected chi connectivity index (χ0v) is 14.6. The number of rotatable bonds is 6. The number of anilines is 1. The molecular weight excluding hydrogens is 344 g/mol. The second-order valence-corrected chi connectivity index (χ2v) is 5.94. The van der Waals surface area contributed by atoms with Crippen LogP contribution in [0.15, 0.2) is 30.3 Å². The molecule has 0 aliphatic rings. The van der Waals surface area contributed by atoms with Crippen LogP contribution >= 0.6 is 11.3 Å². The van der Waals surface area contributed by atoms with Gasteiger partial charge < -0.3 is 20.5 Å². The fourth-order valence-corrected chi connectivity index (χ4v) is 3.15.